The van der Waals surface area contributed by atoms with Gasteiger partial charge in [0.15, 0.2) is 11.5 Å². The number of amides is 1. The maximum Gasteiger partial charge on any atom is 0.243 e. The topological polar surface area (TPSA) is 111 Å². The van der Waals surface area contributed by atoms with E-state index in [9.17, 15) is 13.2 Å². The fourth-order valence-corrected chi connectivity index (χ4v) is 5.92. The summed E-state index contributed by atoms with van der Waals surface area (Å²) in [6.07, 6.45) is 4.01. The van der Waals surface area contributed by atoms with Crippen molar-refractivity contribution in [2.45, 2.75) is 55.9 Å². The number of rotatable bonds is 11. The van der Waals surface area contributed by atoms with Crippen molar-refractivity contribution >= 4 is 26.7 Å². The number of ether oxygens (including phenoxy) is 2. The van der Waals surface area contributed by atoms with Crippen molar-refractivity contribution in [2.75, 3.05) is 33.9 Å². The van der Waals surface area contributed by atoms with Crippen LogP contribution in [0.5, 0.6) is 11.5 Å². The number of unbranched alkanes of at least 4 members (excludes halogenated alkanes) is 1. The summed E-state index contributed by atoms with van der Waals surface area (Å²) in [7, 11) is -0.875. The third-order valence-electron chi connectivity index (χ3n) is 6.27. The number of methoxy groups -OCH3 is 2. The van der Waals surface area contributed by atoms with Crippen molar-refractivity contribution in [2.24, 2.45) is 5.73 Å². The van der Waals surface area contributed by atoms with Crippen LogP contribution in [-0.2, 0) is 14.8 Å². The van der Waals surface area contributed by atoms with Crippen LogP contribution in [0.15, 0.2) is 35.2 Å². The Morgan fingerprint density at radius 1 is 1.09 bits per heavy atom. The summed E-state index contributed by atoms with van der Waals surface area (Å²) in [5.41, 5.74) is 4.56. The van der Waals surface area contributed by atoms with Gasteiger partial charge in [-0.2, -0.15) is 4.72 Å². The molecule has 33 heavy (non-hydrogen) atoms. The van der Waals surface area contributed by atoms with Crippen molar-refractivity contribution in [3.05, 3.63) is 30.3 Å². The summed E-state index contributed by atoms with van der Waals surface area (Å²) in [6.45, 7) is 3.76. The molecule has 3 rings (SSSR count). The van der Waals surface area contributed by atoms with Gasteiger partial charge in [-0.25, -0.2) is 8.42 Å². The fourth-order valence-electron chi connectivity index (χ4n) is 4.46. The summed E-state index contributed by atoms with van der Waals surface area (Å²) in [5.74, 6) is 0.937. The zero-order valence-corrected chi connectivity index (χ0v) is 20.5. The van der Waals surface area contributed by atoms with Crippen LogP contribution in [0.2, 0.25) is 0 Å². The van der Waals surface area contributed by atoms with Crippen LogP contribution in [0.3, 0.4) is 0 Å². The first kappa shape index (κ1) is 25.3. The Labute approximate surface area is 196 Å². The van der Waals surface area contributed by atoms with Crippen LogP contribution >= 0.6 is 0 Å². The van der Waals surface area contributed by atoms with E-state index in [-0.39, 0.29) is 10.8 Å². The molecule has 1 aliphatic heterocycles. The summed E-state index contributed by atoms with van der Waals surface area (Å²) in [5, 5.41) is 1.52. The van der Waals surface area contributed by atoms with Crippen LogP contribution in [0, 0.1) is 0 Å². The Morgan fingerprint density at radius 2 is 1.79 bits per heavy atom. The highest BCUT2D eigenvalue weighted by Crippen LogP contribution is 2.34. The van der Waals surface area contributed by atoms with Crippen molar-refractivity contribution in [3.63, 3.8) is 0 Å². The third kappa shape index (κ3) is 5.42. The van der Waals surface area contributed by atoms with E-state index in [0.29, 0.717) is 55.8 Å². The van der Waals surface area contributed by atoms with Gasteiger partial charge >= 0.3 is 0 Å². The van der Waals surface area contributed by atoms with Crippen molar-refractivity contribution in [1.82, 2.24) is 9.62 Å². The smallest absolute Gasteiger partial charge is 0.243 e. The Morgan fingerprint density at radius 3 is 2.42 bits per heavy atom. The molecule has 1 heterocycles. The molecular formula is C24H35N3O5S. The molecule has 1 amide bonds. The molecule has 2 aromatic rings. The number of hydrogen-bond donors (Lipinski definition) is 2. The fraction of sp³-hybridized carbons (Fsp3) is 0.542. The summed E-state index contributed by atoms with van der Waals surface area (Å²) in [6, 6.07) is 8.43. The van der Waals surface area contributed by atoms with Gasteiger partial charge in [0.05, 0.1) is 19.1 Å². The van der Waals surface area contributed by atoms with Crippen LogP contribution in [-0.4, -0.2) is 58.6 Å². The Hall–Kier alpha value is -2.36. The number of hydrogen-bond acceptors (Lipinski definition) is 6. The third-order valence-corrected chi connectivity index (χ3v) is 7.81. The highest BCUT2D eigenvalue weighted by Gasteiger charge is 2.46. The second kappa shape index (κ2) is 10.7. The Bertz CT molecular complexity index is 1090. The quantitative estimate of drug-likeness (QED) is 0.515. The van der Waals surface area contributed by atoms with E-state index in [1.807, 2.05) is 0 Å². The first-order chi connectivity index (χ1) is 15.8. The van der Waals surface area contributed by atoms with E-state index >= 15 is 0 Å². The molecule has 3 N–H and O–H groups in total. The van der Waals surface area contributed by atoms with Crippen molar-refractivity contribution in [1.29, 1.82) is 0 Å². The van der Waals surface area contributed by atoms with Gasteiger partial charge < -0.3 is 20.1 Å². The second-order valence-electron chi connectivity index (χ2n) is 8.55. The SMILES string of the molecule is CCCCN1CCCC(CCCN)(NS(=O)(=O)c2ccc3cc(OC)c(OC)cc3c2)C1=O. The number of sulfonamides is 1. The van der Waals surface area contributed by atoms with E-state index in [1.54, 1.807) is 42.3 Å². The van der Waals surface area contributed by atoms with Crippen molar-refractivity contribution < 1.29 is 22.7 Å². The van der Waals surface area contributed by atoms with Crippen LogP contribution in [0.1, 0.15) is 45.4 Å². The number of fused-ring (bicyclic) bond motifs is 1. The van der Waals surface area contributed by atoms with E-state index in [1.165, 1.54) is 7.11 Å². The van der Waals surface area contributed by atoms with Gasteiger partial charge in [-0.3, -0.25) is 4.79 Å². The van der Waals surface area contributed by atoms with Crippen LogP contribution < -0.4 is 19.9 Å². The van der Waals surface area contributed by atoms with Gasteiger partial charge in [0.1, 0.15) is 5.54 Å². The molecule has 0 spiro atoms. The Balaban J connectivity index is 1.97. The molecule has 8 nitrogen and oxygen atoms in total. The number of carbonyl (C=O) groups is 1. The molecule has 9 heteroatoms. The van der Waals surface area contributed by atoms with E-state index < -0.39 is 15.6 Å². The van der Waals surface area contributed by atoms with Gasteiger partial charge in [0.2, 0.25) is 15.9 Å². The average molecular weight is 478 g/mol. The van der Waals surface area contributed by atoms with Gasteiger partial charge in [-0.15, -0.1) is 0 Å². The standard InChI is InChI=1S/C24H35N3O5S/c1-4-5-13-27-14-7-11-24(23(27)28,10-6-12-25)26-33(29,30)20-9-8-18-16-21(31-2)22(32-3)17-19(18)15-20/h8-9,15-17,26H,4-7,10-14,25H2,1-3H3. The minimum Gasteiger partial charge on any atom is -0.493 e. The number of carbonyl (C=O) groups excluding carboxylic acids is 1. The molecule has 0 radical (unpaired) electrons. The Kier molecular flexibility index (Phi) is 8.20. The molecular weight excluding hydrogens is 442 g/mol. The van der Waals surface area contributed by atoms with Gasteiger partial charge in [0.25, 0.3) is 0 Å². The molecule has 0 aromatic heterocycles. The molecule has 0 aliphatic carbocycles. The number of nitrogens with zero attached hydrogens (tertiary/aromatic N) is 1. The zero-order valence-electron chi connectivity index (χ0n) is 19.7. The van der Waals surface area contributed by atoms with Gasteiger partial charge in [-0.05, 0) is 73.7 Å². The molecule has 1 saturated heterocycles. The predicted molar refractivity (Wildman–Crippen MR) is 129 cm³/mol. The monoisotopic (exact) mass is 477 g/mol. The molecule has 1 unspecified atom stereocenters. The lowest BCUT2D eigenvalue weighted by Gasteiger charge is -2.42. The number of nitrogens with one attached hydrogen (secondary N) is 1. The lowest BCUT2D eigenvalue weighted by Crippen LogP contribution is -2.62. The number of benzene rings is 2. The van der Waals surface area contributed by atoms with Crippen LogP contribution in [0.25, 0.3) is 10.8 Å². The van der Waals surface area contributed by atoms with E-state index in [0.717, 1.165) is 24.6 Å². The van der Waals surface area contributed by atoms with Gasteiger partial charge in [-0.1, -0.05) is 19.4 Å². The van der Waals surface area contributed by atoms with E-state index in [2.05, 4.69) is 11.6 Å². The first-order valence-electron chi connectivity index (χ1n) is 11.5. The minimum atomic E-state index is -3.96. The highest BCUT2D eigenvalue weighted by molar-refractivity contribution is 7.89. The summed E-state index contributed by atoms with van der Waals surface area (Å²) in [4.78, 5) is 15.4. The zero-order chi connectivity index (χ0) is 24.1. The molecule has 0 saturated carbocycles. The predicted octanol–water partition coefficient (Wildman–Crippen LogP) is 3.04. The van der Waals surface area contributed by atoms with Gasteiger partial charge in [0, 0.05) is 13.1 Å². The molecule has 0 bridgehead atoms. The normalized spacial score (nSPS) is 19.2. The minimum absolute atomic E-state index is 0.104. The summed E-state index contributed by atoms with van der Waals surface area (Å²) >= 11 is 0. The van der Waals surface area contributed by atoms with Crippen molar-refractivity contribution in [3.8, 4) is 11.5 Å². The van der Waals surface area contributed by atoms with Crippen LogP contribution in [0.4, 0.5) is 0 Å². The molecule has 1 aliphatic rings. The largest absolute Gasteiger partial charge is 0.493 e. The lowest BCUT2D eigenvalue weighted by molar-refractivity contribution is -0.141. The maximum atomic E-state index is 13.5. The molecule has 1 fully saturated rings. The highest BCUT2D eigenvalue weighted by atomic mass is 32.2. The number of likely N-dealkylation sites (tertiary alicyclic amines) is 1. The average Bonchev–Trinajstić information content (AvgIpc) is 2.82. The molecule has 2 aromatic carbocycles. The maximum absolute atomic E-state index is 13.5. The number of nitrogens with two attached hydrogens (primary N) is 1. The number of piperidine rings is 1. The first-order valence-corrected chi connectivity index (χ1v) is 13.0. The molecule has 182 valence electrons. The molecule has 1 atom stereocenters. The van der Waals surface area contributed by atoms with E-state index in [4.69, 9.17) is 15.2 Å². The summed E-state index contributed by atoms with van der Waals surface area (Å²) < 4.78 is 40.5. The lowest BCUT2D eigenvalue weighted by atomic mass is 9.84. The second-order valence-corrected chi connectivity index (χ2v) is 10.2.